The molecular weight excluding hydrogens is 234 g/mol. The first-order valence-electron chi connectivity index (χ1n) is 8.02. The maximum atomic E-state index is 3.48. The molecule has 0 amide bonds. The van der Waals surface area contributed by atoms with E-state index in [9.17, 15) is 0 Å². The molecule has 1 aliphatic heterocycles. The third-order valence-electron chi connectivity index (χ3n) is 4.75. The first-order chi connectivity index (χ1) is 8.88. The molecule has 0 aromatic heterocycles. The van der Waals surface area contributed by atoms with Gasteiger partial charge < -0.3 is 10.2 Å². The summed E-state index contributed by atoms with van der Waals surface area (Å²) >= 11 is 0. The van der Waals surface area contributed by atoms with Gasteiger partial charge in [0.1, 0.15) is 0 Å². The second-order valence-electron chi connectivity index (χ2n) is 7.13. The number of nitrogens with zero attached hydrogens (tertiary/aromatic N) is 2. The Morgan fingerprint density at radius 3 is 2.11 bits per heavy atom. The van der Waals surface area contributed by atoms with Crippen molar-refractivity contribution in [3.8, 4) is 0 Å². The van der Waals surface area contributed by atoms with Crippen LogP contribution in [0.5, 0.6) is 0 Å². The number of nitrogens with one attached hydrogen (secondary N) is 1. The first-order valence-corrected chi connectivity index (χ1v) is 8.02. The molecule has 3 nitrogen and oxygen atoms in total. The molecule has 0 spiro atoms. The fourth-order valence-corrected chi connectivity index (χ4v) is 3.01. The summed E-state index contributed by atoms with van der Waals surface area (Å²) in [6, 6.07) is 1.36. The van der Waals surface area contributed by atoms with Gasteiger partial charge in [-0.25, -0.2) is 0 Å². The second-order valence-corrected chi connectivity index (χ2v) is 7.13. The van der Waals surface area contributed by atoms with Gasteiger partial charge in [0.15, 0.2) is 0 Å². The van der Waals surface area contributed by atoms with Crippen LogP contribution in [0, 0.1) is 5.41 Å². The van der Waals surface area contributed by atoms with Crippen LogP contribution in [0.3, 0.4) is 0 Å². The Hall–Kier alpha value is -0.120. The molecule has 0 aliphatic carbocycles. The zero-order valence-corrected chi connectivity index (χ0v) is 14.0. The Morgan fingerprint density at radius 2 is 1.68 bits per heavy atom. The highest BCUT2D eigenvalue weighted by Crippen LogP contribution is 2.22. The molecule has 19 heavy (non-hydrogen) atoms. The summed E-state index contributed by atoms with van der Waals surface area (Å²) in [5.41, 5.74) is 0.354. The van der Waals surface area contributed by atoms with E-state index in [1.165, 1.54) is 45.6 Å². The molecule has 2 atom stereocenters. The fraction of sp³-hybridized carbons (Fsp3) is 1.00. The molecule has 0 aromatic rings. The van der Waals surface area contributed by atoms with Crippen LogP contribution in [0.4, 0.5) is 0 Å². The predicted octanol–water partition coefficient (Wildman–Crippen LogP) is 2.43. The lowest BCUT2D eigenvalue weighted by atomic mass is 9.85. The van der Waals surface area contributed by atoms with Gasteiger partial charge in [-0.1, -0.05) is 27.7 Å². The van der Waals surface area contributed by atoms with Gasteiger partial charge in [0, 0.05) is 38.3 Å². The van der Waals surface area contributed by atoms with Crippen LogP contribution < -0.4 is 5.32 Å². The number of hydrogen-bond donors (Lipinski definition) is 1. The van der Waals surface area contributed by atoms with Crippen LogP contribution in [0.2, 0.25) is 0 Å². The van der Waals surface area contributed by atoms with E-state index >= 15 is 0 Å². The minimum Gasteiger partial charge on any atom is -0.316 e. The Bertz CT molecular complexity index is 239. The molecule has 3 heteroatoms. The van der Waals surface area contributed by atoms with Crippen molar-refractivity contribution in [1.82, 2.24) is 15.1 Å². The molecule has 1 aliphatic rings. The molecule has 114 valence electrons. The number of hydrogen-bond acceptors (Lipinski definition) is 3. The van der Waals surface area contributed by atoms with Gasteiger partial charge in [-0.2, -0.15) is 0 Å². The normalized spacial score (nSPS) is 22.4. The Balaban J connectivity index is 2.29. The summed E-state index contributed by atoms with van der Waals surface area (Å²) in [5.74, 6) is 0. The second kappa shape index (κ2) is 7.61. The van der Waals surface area contributed by atoms with Crippen molar-refractivity contribution in [2.45, 2.75) is 59.5 Å². The molecule has 1 fully saturated rings. The molecule has 0 bridgehead atoms. The van der Waals surface area contributed by atoms with E-state index in [1.54, 1.807) is 0 Å². The van der Waals surface area contributed by atoms with E-state index in [0.717, 1.165) is 6.04 Å². The van der Waals surface area contributed by atoms with Gasteiger partial charge in [-0.15, -0.1) is 0 Å². The van der Waals surface area contributed by atoms with Crippen molar-refractivity contribution in [2.24, 2.45) is 5.41 Å². The zero-order chi connectivity index (χ0) is 14.5. The first kappa shape index (κ1) is 16.9. The van der Waals surface area contributed by atoms with Crippen LogP contribution in [-0.4, -0.2) is 61.7 Å². The predicted molar refractivity (Wildman–Crippen MR) is 84.7 cm³/mol. The molecule has 0 radical (unpaired) electrons. The molecule has 1 N–H and O–H groups in total. The Morgan fingerprint density at radius 1 is 1.11 bits per heavy atom. The molecule has 2 unspecified atom stereocenters. The Labute approximate surface area is 120 Å². The minimum atomic E-state index is 0.354. The van der Waals surface area contributed by atoms with Gasteiger partial charge in [0.2, 0.25) is 0 Å². The number of piperazine rings is 1. The highest BCUT2D eigenvalue weighted by molar-refractivity contribution is 4.82. The third-order valence-corrected chi connectivity index (χ3v) is 4.75. The number of rotatable bonds is 6. The highest BCUT2D eigenvalue weighted by Gasteiger charge is 2.25. The standard InChI is InChI=1S/C16H35N3/c1-7-14(2)19-12-10-18(11-13-19)9-8-15(17-6)16(3,4)5/h14-15,17H,7-13H2,1-6H3. The third kappa shape index (κ3) is 5.41. The van der Waals surface area contributed by atoms with E-state index in [0.29, 0.717) is 11.5 Å². The van der Waals surface area contributed by atoms with Crippen LogP contribution in [0.15, 0.2) is 0 Å². The smallest absolute Gasteiger partial charge is 0.0125 e. The monoisotopic (exact) mass is 269 g/mol. The molecule has 1 heterocycles. The molecule has 1 rings (SSSR count). The average molecular weight is 269 g/mol. The largest absolute Gasteiger partial charge is 0.316 e. The van der Waals surface area contributed by atoms with Crippen molar-refractivity contribution in [3.63, 3.8) is 0 Å². The maximum Gasteiger partial charge on any atom is 0.0125 e. The van der Waals surface area contributed by atoms with Crippen LogP contribution in [-0.2, 0) is 0 Å². The van der Waals surface area contributed by atoms with Crippen LogP contribution in [0.25, 0.3) is 0 Å². The minimum absolute atomic E-state index is 0.354. The zero-order valence-electron chi connectivity index (χ0n) is 14.0. The maximum absolute atomic E-state index is 3.48. The van der Waals surface area contributed by atoms with E-state index in [4.69, 9.17) is 0 Å². The van der Waals surface area contributed by atoms with E-state index < -0.39 is 0 Å². The molecular formula is C16H35N3. The van der Waals surface area contributed by atoms with Crippen LogP contribution in [0.1, 0.15) is 47.5 Å². The van der Waals surface area contributed by atoms with Gasteiger partial charge >= 0.3 is 0 Å². The van der Waals surface area contributed by atoms with Crippen LogP contribution >= 0.6 is 0 Å². The molecule has 0 aromatic carbocycles. The highest BCUT2D eigenvalue weighted by atomic mass is 15.3. The van der Waals surface area contributed by atoms with Gasteiger partial charge in [0.25, 0.3) is 0 Å². The fourth-order valence-electron chi connectivity index (χ4n) is 3.01. The van der Waals surface area contributed by atoms with Crippen molar-refractivity contribution in [1.29, 1.82) is 0 Å². The Kier molecular flexibility index (Phi) is 6.78. The summed E-state index contributed by atoms with van der Waals surface area (Å²) in [4.78, 5) is 5.27. The van der Waals surface area contributed by atoms with Gasteiger partial charge in [-0.05, 0) is 38.8 Å². The topological polar surface area (TPSA) is 18.5 Å². The van der Waals surface area contributed by atoms with Gasteiger partial charge in [-0.3, -0.25) is 4.90 Å². The van der Waals surface area contributed by atoms with E-state index in [1.807, 2.05) is 0 Å². The van der Waals surface area contributed by atoms with Crippen molar-refractivity contribution >= 4 is 0 Å². The van der Waals surface area contributed by atoms with Gasteiger partial charge in [0.05, 0.1) is 0 Å². The average Bonchev–Trinajstić information content (AvgIpc) is 2.37. The van der Waals surface area contributed by atoms with E-state index in [2.05, 4.69) is 56.8 Å². The summed E-state index contributed by atoms with van der Waals surface area (Å²) < 4.78 is 0. The summed E-state index contributed by atoms with van der Waals surface area (Å²) in [5, 5.41) is 3.48. The van der Waals surface area contributed by atoms with Crippen molar-refractivity contribution < 1.29 is 0 Å². The molecule has 1 saturated heterocycles. The van der Waals surface area contributed by atoms with Crippen molar-refractivity contribution in [3.05, 3.63) is 0 Å². The lowest BCUT2D eigenvalue weighted by molar-refractivity contribution is 0.0938. The quantitative estimate of drug-likeness (QED) is 0.799. The van der Waals surface area contributed by atoms with E-state index in [-0.39, 0.29) is 0 Å². The summed E-state index contributed by atoms with van der Waals surface area (Å²) in [6.07, 6.45) is 2.52. The lowest BCUT2D eigenvalue weighted by Gasteiger charge is -2.39. The summed E-state index contributed by atoms with van der Waals surface area (Å²) in [6.45, 7) is 17.8. The SMILES string of the molecule is CCC(C)N1CCN(CCC(NC)C(C)(C)C)CC1. The molecule has 0 saturated carbocycles. The summed E-state index contributed by atoms with van der Waals surface area (Å²) in [7, 11) is 2.09. The van der Waals surface area contributed by atoms with Crippen molar-refractivity contribution in [2.75, 3.05) is 39.8 Å². The lowest BCUT2D eigenvalue weighted by Crippen LogP contribution is -2.50.